The minimum absolute atomic E-state index is 0.319. The molecule has 0 aliphatic carbocycles. The van der Waals surface area contributed by atoms with Crippen molar-refractivity contribution in [3.63, 3.8) is 0 Å². The minimum atomic E-state index is -0.402. The number of hydrogen-bond acceptors (Lipinski definition) is 3. The smallest absolute Gasteiger partial charge is 0.207 e. The number of carbonyl (C=O) groups excluding carboxylic acids is 1. The monoisotopic (exact) mass is 532 g/mol. The van der Waals surface area contributed by atoms with E-state index in [1.165, 1.54) is 42.7 Å². The second-order valence-electron chi connectivity index (χ2n) is 7.55. The number of rotatable bonds is 12. The fourth-order valence-corrected chi connectivity index (χ4v) is 3.46. The van der Waals surface area contributed by atoms with Gasteiger partial charge in [0.05, 0.1) is 6.61 Å². The van der Waals surface area contributed by atoms with Gasteiger partial charge in [-0.2, -0.15) is 0 Å². The van der Waals surface area contributed by atoms with Crippen LogP contribution in [0.3, 0.4) is 0 Å². The maximum absolute atomic E-state index is 13.1. The first kappa shape index (κ1) is 27.6. The molecule has 3 aromatic rings. The third-order valence-electron chi connectivity index (χ3n) is 4.89. The molecule has 0 radical (unpaired) electrons. The summed E-state index contributed by atoms with van der Waals surface area (Å²) >= 11 is 3.40. The van der Waals surface area contributed by atoms with E-state index in [1.54, 1.807) is 24.3 Å². The average Bonchev–Trinajstić information content (AvgIpc) is 2.85. The minimum Gasteiger partial charge on any atom is -0.367 e. The fourth-order valence-electron chi connectivity index (χ4n) is 3.19. The van der Waals surface area contributed by atoms with Crippen LogP contribution in [0.25, 0.3) is 0 Å². The van der Waals surface area contributed by atoms with Crippen molar-refractivity contribution in [1.29, 1.82) is 0 Å². The first-order chi connectivity index (χ1) is 16.5. The second-order valence-corrected chi connectivity index (χ2v) is 8.47. The van der Waals surface area contributed by atoms with Gasteiger partial charge in [0.15, 0.2) is 0 Å². The van der Waals surface area contributed by atoms with Crippen LogP contribution in [0.1, 0.15) is 36.1 Å². The Labute approximate surface area is 208 Å². The van der Waals surface area contributed by atoms with E-state index < -0.39 is 6.10 Å². The van der Waals surface area contributed by atoms with Crippen LogP contribution in [-0.2, 0) is 16.0 Å². The van der Waals surface area contributed by atoms with E-state index in [0.717, 1.165) is 15.6 Å². The van der Waals surface area contributed by atoms with E-state index in [9.17, 15) is 13.6 Å². The highest BCUT2D eigenvalue weighted by molar-refractivity contribution is 9.10. The van der Waals surface area contributed by atoms with Gasteiger partial charge >= 0.3 is 0 Å². The number of benzene rings is 3. The van der Waals surface area contributed by atoms with Gasteiger partial charge in [-0.25, -0.2) is 8.78 Å². The second kappa shape index (κ2) is 16.1. The van der Waals surface area contributed by atoms with Gasteiger partial charge in [-0.1, -0.05) is 65.7 Å². The number of amides is 1. The molecule has 0 spiro atoms. The van der Waals surface area contributed by atoms with Crippen LogP contribution in [0, 0.1) is 11.6 Å². The average molecular weight is 533 g/mol. The van der Waals surface area contributed by atoms with Crippen LogP contribution in [-0.4, -0.2) is 32.7 Å². The molecule has 0 bridgehead atoms. The van der Waals surface area contributed by atoms with Gasteiger partial charge in [-0.05, 0) is 59.5 Å². The van der Waals surface area contributed by atoms with Crippen molar-refractivity contribution in [2.75, 3.05) is 26.2 Å². The molecule has 34 heavy (non-hydrogen) atoms. The maximum Gasteiger partial charge on any atom is 0.207 e. The Balaban J connectivity index is 0.000000340. The van der Waals surface area contributed by atoms with Crippen LogP contribution in [0.5, 0.6) is 0 Å². The Morgan fingerprint density at radius 1 is 0.853 bits per heavy atom. The van der Waals surface area contributed by atoms with Crippen LogP contribution < -0.4 is 10.6 Å². The van der Waals surface area contributed by atoms with E-state index >= 15 is 0 Å². The Hall–Kier alpha value is -2.61. The van der Waals surface area contributed by atoms with E-state index in [1.807, 2.05) is 0 Å². The summed E-state index contributed by atoms with van der Waals surface area (Å²) in [5.74, 6) is -0.637. The zero-order valence-corrected chi connectivity index (χ0v) is 20.9. The van der Waals surface area contributed by atoms with Crippen molar-refractivity contribution >= 4 is 22.3 Å². The molecule has 0 aliphatic rings. The number of ether oxygens (including phenoxy) is 1. The Morgan fingerprint density at radius 3 is 1.91 bits per heavy atom. The molecule has 3 aromatic carbocycles. The van der Waals surface area contributed by atoms with Crippen molar-refractivity contribution in [3.05, 3.63) is 106 Å². The normalized spacial score (nSPS) is 10.5. The molecule has 0 saturated heterocycles. The van der Waals surface area contributed by atoms with Crippen molar-refractivity contribution in [3.8, 4) is 0 Å². The summed E-state index contributed by atoms with van der Waals surface area (Å²) in [7, 11) is 0. The molecule has 0 saturated carbocycles. The highest BCUT2D eigenvalue weighted by Gasteiger charge is 2.15. The summed E-state index contributed by atoms with van der Waals surface area (Å²) < 4.78 is 33.3. The zero-order chi connectivity index (χ0) is 24.6. The molecule has 4 nitrogen and oxygen atoms in total. The Morgan fingerprint density at radius 2 is 1.41 bits per heavy atom. The van der Waals surface area contributed by atoms with Crippen LogP contribution in [0.15, 0.2) is 77.3 Å². The lowest BCUT2D eigenvalue weighted by Gasteiger charge is -2.19. The number of halogens is 3. The molecular weight excluding hydrogens is 502 g/mol. The van der Waals surface area contributed by atoms with Gasteiger partial charge in [0, 0.05) is 24.1 Å². The van der Waals surface area contributed by atoms with Gasteiger partial charge in [-0.3, -0.25) is 4.79 Å². The number of carbonyl (C=O) groups is 1. The van der Waals surface area contributed by atoms with Crippen LogP contribution in [0.2, 0.25) is 0 Å². The number of hydrogen-bond donors (Lipinski definition) is 2. The number of aryl methyl sites for hydroxylation is 1. The first-order valence-corrected chi connectivity index (χ1v) is 12.1. The van der Waals surface area contributed by atoms with Crippen molar-refractivity contribution in [1.82, 2.24) is 10.6 Å². The van der Waals surface area contributed by atoms with Crippen molar-refractivity contribution in [2.45, 2.75) is 25.9 Å². The molecule has 0 atom stereocenters. The first-order valence-electron chi connectivity index (χ1n) is 11.3. The molecule has 0 heterocycles. The third kappa shape index (κ3) is 10.5. The van der Waals surface area contributed by atoms with Crippen LogP contribution in [0.4, 0.5) is 8.78 Å². The molecule has 3 rings (SSSR count). The zero-order valence-electron chi connectivity index (χ0n) is 19.3. The summed E-state index contributed by atoms with van der Waals surface area (Å²) in [6.45, 7) is 4.39. The lowest BCUT2D eigenvalue weighted by atomic mass is 10.0. The summed E-state index contributed by atoms with van der Waals surface area (Å²) in [5.41, 5.74) is 3.02. The summed E-state index contributed by atoms with van der Waals surface area (Å²) in [5, 5.41) is 5.69. The predicted octanol–water partition coefficient (Wildman–Crippen LogP) is 5.81. The topological polar surface area (TPSA) is 50.4 Å². The molecule has 182 valence electrons. The molecule has 1 amide bonds. The maximum atomic E-state index is 13.1. The van der Waals surface area contributed by atoms with E-state index in [0.29, 0.717) is 32.7 Å². The molecule has 0 fully saturated rings. The third-order valence-corrected chi connectivity index (χ3v) is 5.42. The fraction of sp³-hybridized carbons (Fsp3) is 0.296. The number of nitrogens with one attached hydrogen (secondary N) is 2. The molecular formula is C27H31BrF2N2O2. The SMILES string of the molecule is CCCc1ccc(Br)cc1.O=CNCCNCCOC(c1ccc(F)cc1)c1ccc(F)cc1. The van der Waals surface area contributed by atoms with Gasteiger partial charge < -0.3 is 15.4 Å². The highest BCUT2D eigenvalue weighted by Crippen LogP contribution is 2.26. The molecule has 0 unspecified atom stereocenters. The largest absolute Gasteiger partial charge is 0.367 e. The van der Waals surface area contributed by atoms with E-state index in [2.05, 4.69) is 57.8 Å². The molecule has 0 aromatic heterocycles. The highest BCUT2D eigenvalue weighted by atomic mass is 79.9. The van der Waals surface area contributed by atoms with Crippen LogP contribution >= 0.6 is 15.9 Å². The summed E-state index contributed by atoms with van der Waals surface area (Å²) in [6.07, 6.45) is 2.66. The molecule has 0 aliphatic heterocycles. The Kier molecular flexibility index (Phi) is 13.1. The quantitative estimate of drug-likeness (QED) is 0.228. The van der Waals surface area contributed by atoms with Gasteiger partial charge in [0.2, 0.25) is 6.41 Å². The van der Waals surface area contributed by atoms with E-state index in [-0.39, 0.29) is 11.6 Å². The molecule has 2 N–H and O–H groups in total. The van der Waals surface area contributed by atoms with Gasteiger partial charge in [0.1, 0.15) is 17.7 Å². The molecule has 7 heteroatoms. The van der Waals surface area contributed by atoms with Crippen molar-refractivity contribution in [2.24, 2.45) is 0 Å². The van der Waals surface area contributed by atoms with Gasteiger partial charge in [-0.15, -0.1) is 0 Å². The van der Waals surface area contributed by atoms with E-state index in [4.69, 9.17) is 4.74 Å². The van der Waals surface area contributed by atoms with Crippen molar-refractivity contribution < 1.29 is 18.3 Å². The lowest BCUT2D eigenvalue weighted by molar-refractivity contribution is -0.109. The van der Waals surface area contributed by atoms with Gasteiger partial charge in [0.25, 0.3) is 0 Å². The lowest BCUT2D eigenvalue weighted by Crippen LogP contribution is -2.29. The predicted molar refractivity (Wildman–Crippen MR) is 136 cm³/mol. The summed E-state index contributed by atoms with van der Waals surface area (Å²) in [6, 6.07) is 20.6. The standard InChI is InChI=1S/C18H20F2N2O2.C9H11Br/c19-16-5-1-14(2-6-16)18(15-3-7-17(20)8-4-15)24-12-11-21-9-10-22-13-23;1-2-3-8-4-6-9(10)7-5-8/h1-8,13,18,21H,9-12H2,(H,22,23);4-7H,2-3H2,1H3. The Bertz CT molecular complexity index is 906. The summed E-state index contributed by atoms with van der Waals surface area (Å²) in [4.78, 5) is 10.1.